The van der Waals surface area contributed by atoms with Crippen LogP contribution in [0.3, 0.4) is 0 Å². The fourth-order valence-corrected chi connectivity index (χ4v) is 3.65. The molecule has 0 aliphatic rings. The first-order valence-electron chi connectivity index (χ1n) is 11.1. The van der Waals surface area contributed by atoms with Gasteiger partial charge in [0.2, 0.25) is 5.88 Å². The fraction of sp³-hybridized carbons (Fsp3) is 0.192. The van der Waals surface area contributed by atoms with Crippen LogP contribution in [0.5, 0.6) is 28.9 Å². The molecule has 37 heavy (non-hydrogen) atoms. The Morgan fingerprint density at radius 2 is 1.62 bits per heavy atom. The number of rotatable bonds is 10. The molecule has 0 atom stereocenters. The van der Waals surface area contributed by atoms with Crippen LogP contribution in [-0.4, -0.2) is 43.5 Å². The summed E-state index contributed by atoms with van der Waals surface area (Å²) in [6, 6.07) is 15.3. The molecule has 192 valence electrons. The van der Waals surface area contributed by atoms with Crippen LogP contribution in [0.4, 0.5) is 10.5 Å². The molecular weight excluding hydrogens is 521 g/mol. The van der Waals surface area contributed by atoms with Gasteiger partial charge in [-0.1, -0.05) is 23.2 Å². The molecule has 1 aromatic heterocycles. The van der Waals surface area contributed by atoms with Gasteiger partial charge in [0, 0.05) is 23.6 Å². The summed E-state index contributed by atoms with van der Waals surface area (Å²) in [5.41, 5.74) is 0.990. The van der Waals surface area contributed by atoms with Crippen molar-refractivity contribution in [3.05, 3.63) is 71.0 Å². The van der Waals surface area contributed by atoms with Gasteiger partial charge in [-0.3, -0.25) is 5.32 Å². The zero-order valence-electron chi connectivity index (χ0n) is 20.0. The number of halogens is 2. The van der Waals surface area contributed by atoms with Crippen molar-refractivity contribution in [3.8, 4) is 28.9 Å². The second-order valence-electron chi connectivity index (χ2n) is 7.56. The van der Waals surface area contributed by atoms with Crippen molar-refractivity contribution >= 4 is 45.9 Å². The van der Waals surface area contributed by atoms with E-state index in [1.54, 1.807) is 68.8 Å². The molecule has 0 bridgehead atoms. The molecular formula is C26H23Cl2N3O6. The molecule has 4 aromatic rings. The van der Waals surface area contributed by atoms with E-state index in [9.17, 15) is 4.79 Å². The number of hydrogen-bond acceptors (Lipinski definition) is 8. The highest BCUT2D eigenvalue weighted by atomic mass is 35.5. The maximum Gasteiger partial charge on any atom is 0.411 e. The lowest BCUT2D eigenvalue weighted by molar-refractivity contribution is 0.152. The summed E-state index contributed by atoms with van der Waals surface area (Å²) in [4.78, 5) is 20.6. The summed E-state index contributed by atoms with van der Waals surface area (Å²) in [5.74, 6) is 2.47. The predicted molar refractivity (Wildman–Crippen MR) is 141 cm³/mol. The molecule has 1 heterocycles. The van der Waals surface area contributed by atoms with Crippen LogP contribution in [-0.2, 0) is 4.74 Å². The summed E-state index contributed by atoms with van der Waals surface area (Å²) in [6.07, 6.45) is 1.27. The van der Waals surface area contributed by atoms with E-state index < -0.39 is 6.09 Å². The maximum absolute atomic E-state index is 12.2. The highest BCUT2D eigenvalue weighted by Gasteiger charge is 2.14. The van der Waals surface area contributed by atoms with Crippen molar-refractivity contribution in [1.82, 2.24) is 9.97 Å². The Morgan fingerprint density at radius 1 is 0.892 bits per heavy atom. The van der Waals surface area contributed by atoms with Crippen LogP contribution in [0.1, 0.15) is 6.42 Å². The minimum absolute atomic E-state index is 0.174. The molecule has 3 aromatic carbocycles. The van der Waals surface area contributed by atoms with E-state index in [0.29, 0.717) is 63.5 Å². The van der Waals surface area contributed by atoms with Crippen molar-refractivity contribution in [2.75, 3.05) is 32.8 Å². The van der Waals surface area contributed by atoms with Gasteiger partial charge < -0.3 is 23.7 Å². The van der Waals surface area contributed by atoms with Gasteiger partial charge in [-0.15, -0.1) is 0 Å². The van der Waals surface area contributed by atoms with Crippen molar-refractivity contribution < 1.29 is 28.5 Å². The Labute approximate surface area is 223 Å². The Kier molecular flexibility index (Phi) is 8.71. The van der Waals surface area contributed by atoms with E-state index in [2.05, 4.69) is 15.3 Å². The molecule has 0 aliphatic heterocycles. The smallest absolute Gasteiger partial charge is 0.411 e. The zero-order chi connectivity index (χ0) is 26.2. The predicted octanol–water partition coefficient (Wildman–Crippen LogP) is 6.76. The third-order valence-electron chi connectivity index (χ3n) is 5.10. The second kappa shape index (κ2) is 12.3. The topological polar surface area (TPSA) is 101 Å². The maximum atomic E-state index is 12.2. The molecule has 0 unspecified atom stereocenters. The summed E-state index contributed by atoms with van der Waals surface area (Å²) < 4.78 is 27.4. The quantitative estimate of drug-likeness (QED) is 0.219. The second-order valence-corrected chi connectivity index (χ2v) is 8.41. The summed E-state index contributed by atoms with van der Waals surface area (Å²) >= 11 is 12.2. The Morgan fingerprint density at radius 3 is 2.35 bits per heavy atom. The normalized spacial score (nSPS) is 10.6. The monoisotopic (exact) mass is 543 g/mol. The number of nitrogens with zero attached hydrogens (tertiary/aromatic N) is 2. The van der Waals surface area contributed by atoms with Crippen LogP contribution in [0, 0.1) is 0 Å². The number of carbonyl (C=O) groups excluding carboxylic acids is 1. The number of hydrogen-bond donors (Lipinski definition) is 1. The third-order valence-corrected chi connectivity index (χ3v) is 5.66. The van der Waals surface area contributed by atoms with Crippen LogP contribution in [0.25, 0.3) is 10.9 Å². The van der Waals surface area contributed by atoms with Gasteiger partial charge in [-0.25, -0.2) is 14.8 Å². The summed E-state index contributed by atoms with van der Waals surface area (Å²) in [5, 5.41) is 4.14. The SMILES string of the molecule is COc1cc2ncnc(Oc3ccc(NC(=O)OCCCOc4ccc(Cl)cc4)c(Cl)c3)c2cc1OC. The van der Waals surface area contributed by atoms with Crippen LogP contribution in [0.15, 0.2) is 60.9 Å². The van der Waals surface area contributed by atoms with E-state index in [0.717, 1.165) is 0 Å². The number of anilines is 1. The first-order valence-corrected chi connectivity index (χ1v) is 11.9. The lowest BCUT2D eigenvalue weighted by atomic mass is 10.2. The number of ether oxygens (including phenoxy) is 5. The van der Waals surface area contributed by atoms with Gasteiger partial charge in [0.15, 0.2) is 11.5 Å². The number of benzene rings is 3. The molecule has 9 nitrogen and oxygen atoms in total. The Bertz CT molecular complexity index is 1390. The number of methoxy groups -OCH3 is 2. The van der Waals surface area contributed by atoms with Crippen molar-refractivity contribution in [1.29, 1.82) is 0 Å². The van der Waals surface area contributed by atoms with E-state index in [1.165, 1.54) is 6.33 Å². The number of carbonyl (C=O) groups is 1. The van der Waals surface area contributed by atoms with Crippen LogP contribution in [0.2, 0.25) is 10.0 Å². The molecule has 1 amide bonds. The molecule has 0 radical (unpaired) electrons. The van der Waals surface area contributed by atoms with Gasteiger partial charge >= 0.3 is 6.09 Å². The minimum atomic E-state index is -0.634. The average Bonchev–Trinajstić information content (AvgIpc) is 2.90. The summed E-state index contributed by atoms with van der Waals surface area (Å²) in [6.45, 7) is 0.561. The van der Waals surface area contributed by atoms with E-state index in [-0.39, 0.29) is 11.6 Å². The lowest BCUT2D eigenvalue weighted by Crippen LogP contribution is -2.15. The lowest BCUT2D eigenvalue weighted by Gasteiger charge is -2.13. The van der Waals surface area contributed by atoms with Crippen molar-refractivity contribution in [2.24, 2.45) is 0 Å². The van der Waals surface area contributed by atoms with Crippen LogP contribution >= 0.6 is 23.2 Å². The molecule has 0 aliphatic carbocycles. The number of fused-ring (bicyclic) bond motifs is 1. The fourth-order valence-electron chi connectivity index (χ4n) is 3.30. The molecule has 0 spiro atoms. The zero-order valence-corrected chi connectivity index (χ0v) is 21.5. The highest BCUT2D eigenvalue weighted by Crippen LogP contribution is 2.36. The van der Waals surface area contributed by atoms with Crippen molar-refractivity contribution in [3.63, 3.8) is 0 Å². The molecule has 4 rings (SSSR count). The van der Waals surface area contributed by atoms with Gasteiger partial charge in [-0.05, 0) is 42.5 Å². The first kappa shape index (κ1) is 26.1. The minimum Gasteiger partial charge on any atom is -0.493 e. The van der Waals surface area contributed by atoms with Crippen LogP contribution < -0.4 is 24.3 Å². The molecule has 0 saturated carbocycles. The highest BCUT2D eigenvalue weighted by molar-refractivity contribution is 6.33. The number of nitrogens with one attached hydrogen (secondary N) is 1. The van der Waals surface area contributed by atoms with Gasteiger partial charge in [0.25, 0.3) is 0 Å². The largest absolute Gasteiger partial charge is 0.493 e. The number of amides is 1. The average molecular weight is 544 g/mol. The summed E-state index contributed by atoms with van der Waals surface area (Å²) in [7, 11) is 3.09. The number of aromatic nitrogens is 2. The van der Waals surface area contributed by atoms with Gasteiger partial charge in [-0.2, -0.15) is 0 Å². The van der Waals surface area contributed by atoms with E-state index >= 15 is 0 Å². The van der Waals surface area contributed by atoms with Crippen molar-refractivity contribution in [2.45, 2.75) is 6.42 Å². The Balaban J connectivity index is 1.32. The van der Waals surface area contributed by atoms with E-state index in [4.69, 9.17) is 46.9 Å². The van der Waals surface area contributed by atoms with Gasteiger partial charge in [0.1, 0.15) is 17.8 Å². The molecule has 0 saturated heterocycles. The third kappa shape index (κ3) is 6.84. The first-order chi connectivity index (χ1) is 18.0. The van der Waals surface area contributed by atoms with Gasteiger partial charge in [0.05, 0.1) is 49.0 Å². The molecule has 11 heteroatoms. The Hall–Kier alpha value is -3.95. The standard InChI is InChI=1S/C26H23Cl2N3O6/c1-33-23-13-19-22(14-24(23)34-2)29-15-30-25(19)37-18-8-9-21(20(28)12-18)31-26(32)36-11-3-10-35-17-6-4-16(27)5-7-17/h4-9,12-15H,3,10-11H2,1-2H3,(H,31,32). The molecule has 1 N–H and O–H groups in total. The van der Waals surface area contributed by atoms with E-state index in [1.807, 2.05) is 0 Å². The molecule has 0 fully saturated rings.